The highest BCUT2D eigenvalue weighted by atomic mass is 16.5. The van der Waals surface area contributed by atoms with E-state index in [1.165, 1.54) is 0 Å². The normalized spacial score (nSPS) is 17.3. The van der Waals surface area contributed by atoms with Crippen LogP contribution in [0.15, 0.2) is 16.7 Å². The van der Waals surface area contributed by atoms with E-state index in [2.05, 4.69) is 10.2 Å². The molecule has 0 radical (unpaired) electrons. The molecule has 1 aliphatic rings. The van der Waals surface area contributed by atoms with Gasteiger partial charge >= 0.3 is 0 Å². The van der Waals surface area contributed by atoms with Crippen LogP contribution >= 0.6 is 0 Å². The summed E-state index contributed by atoms with van der Waals surface area (Å²) in [6.45, 7) is 5.79. The van der Waals surface area contributed by atoms with Crippen LogP contribution in [0.1, 0.15) is 35.4 Å². The maximum Gasteiger partial charge on any atom is 0.255 e. The number of rotatable bonds is 6. The van der Waals surface area contributed by atoms with Gasteiger partial charge in [0.25, 0.3) is 5.91 Å². The molecule has 1 aliphatic heterocycles. The smallest absolute Gasteiger partial charge is 0.255 e. The minimum atomic E-state index is -0.0194. The fourth-order valence-corrected chi connectivity index (χ4v) is 2.62. The molecule has 2 rings (SSSR count). The Balaban J connectivity index is 1.72. The van der Waals surface area contributed by atoms with Gasteiger partial charge in [-0.3, -0.25) is 4.79 Å². The van der Waals surface area contributed by atoms with Crippen molar-refractivity contribution >= 4 is 5.91 Å². The zero-order valence-electron chi connectivity index (χ0n) is 12.4. The number of piperidine rings is 1. The Morgan fingerprint density at radius 2 is 2.25 bits per heavy atom. The lowest BCUT2D eigenvalue weighted by molar-refractivity contribution is 0.0905. The molecule has 1 fully saturated rings. The van der Waals surface area contributed by atoms with E-state index in [1.54, 1.807) is 19.4 Å². The summed E-state index contributed by atoms with van der Waals surface area (Å²) in [5.41, 5.74) is 0.646. The van der Waals surface area contributed by atoms with Crippen LogP contribution in [0.4, 0.5) is 0 Å². The van der Waals surface area contributed by atoms with E-state index in [0.717, 1.165) is 45.5 Å². The Labute approximate surface area is 120 Å². The molecule has 1 saturated heterocycles. The number of nitrogens with one attached hydrogen (secondary N) is 1. The Bertz CT molecular complexity index is 423. The van der Waals surface area contributed by atoms with E-state index in [-0.39, 0.29) is 11.9 Å². The molecule has 20 heavy (non-hydrogen) atoms. The Morgan fingerprint density at radius 1 is 1.50 bits per heavy atom. The first-order chi connectivity index (χ1) is 9.70. The van der Waals surface area contributed by atoms with Crippen molar-refractivity contribution < 1.29 is 13.9 Å². The summed E-state index contributed by atoms with van der Waals surface area (Å²) in [4.78, 5) is 14.5. The number of likely N-dealkylation sites (tertiary alicyclic amines) is 1. The first kappa shape index (κ1) is 15.1. The molecule has 1 aromatic rings. The molecule has 112 valence electrons. The summed E-state index contributed by atoms with van der Waals surface area (Å²) in [5.74, 6) is 0.661. The SMILES string of the molecule is COCCCN1CCC(NC(=O)c2ccoc2C)CC1. The van der Waals surface area contributed by atoms with E-state index in [1.807, 2.05) is 6.92 Å². The van der Waals surface area contributed by atoms with Gasteiger partial charge in [-0.1, -0.05) is 0 Å². The van der Waals surface area contributed by atoms with Gasteiger partial charge in [-0.25, -0.2) is 0 Å². The van der Waals surface area contributed by atoms with Crippen molar-refractivity contribution in [2.45, 2.75) is 32.2 Å². The molecule has 0 bridgehead atoms. The largest absolute Gasteiger partial charge is 0.469 e. The second kappa shape index (κ2) is 7.45. The molecule has 0 spiro atoms. The third-order valence-corrected chi connectivity index (χ3v) is 3.85. The molecule has 2 heterocycles. The summed E-state index contributed by atoms with van der Waals surface area (Å²) in [6.07, 6.45) is 4.65. The van der Waals surface area contributed by atoms with Crippen molar-refractivity contribution in [1.82, 2.24) is 10.2 Å². The molecule has 5 heteroatoms. The molecule has 0 atom stereocenters. The first-order valence-corrected chi connectivity index (χ1v) is 7.27. The number of hydrogen-bond acceptors (Lipinski definition) is 4. The fourth-order valence-electron chi connectivity index (χ4n) is 2.62. The van der Waals surface area contributed by atoms with E-state index in [9.17, 15) is 4.79 Å². The van der Waals surface area contributed by atoms with E-state index in [0.29, 0.717) is 11.3 Å². The fraction of sp³-hybridized carbons (Fsp3) is 0.667. The van der Waals surface area contributed by atoms with Crippen LogP contribution in [0, 0.1) is 6.92 Å². The molecule has 0 aromatic carbocycles. The van der Waals surface area contributed by atoms with Gasteiger partial charge in [0.1, 0.15) is 5.76 Å². The summed E-state index contributed by atoms with van der Waals surface area (Å²) in [5, 5.41) is 3.10. The lowest BCUT2D eigenvalue weighted by Gasteiger charge is -2.32. The van der Waals surface area contributed by atoms with E-state index < -0.39 is 0 Å². The zero-order chi connectivity index (χ0) is 14.4. The number of amides is 1. The van der Waals surface area contributed by atoms with Crippen LogP contribution in [-0.4, -0.2) is 50.2 Å². The van der Waals surface area contributed by atoms with Gasteiger partial charge in [-0.2, -0.15) is 0 Å². The number of aryl methyl sites for hydroxylation is 1. The molecular formula is C15H24N2O3. The lowest BCUT2D eigenvalue weighted by atomic mass is 10.0. The lowest BCUT2D eigenvalue weighted by Crippen LogP contribution is -2.45. The predicted octanol–water partition coefficient (Wildman–Crippen LogP) is 1.82. The topological polar surface area (TPSA) is 54.7 Å². The number of carbonyl (C=O) groups is 1. The van der Waals surface area contributed by atoms with Crippen LogP contribution in [0.3, 0.4) is 0 Å². The van der Waals surface area contributed by atoms with Crippen molar-refractivity contribution in [2.24, 2.45) is 0 Å². The number of hydrogen-bond donors (Lipinski definition) is 1. The minimum absolute atomic E-state index is 0.0194. The Kier molecular flexibility index (Phi) is 5.61. The van der Waals surface area contributed by atoms with Crippen LogP contribution in [0.5, 0.6) is 0 Å². The van der Waals surface area contributed by atoms with Crippen molar-refractivity contribution in [3.63, 3.8) is 0 Å². The maximum absolute atomic E-state index is 12.1. The van der Waals surface area contributed by atoms with Crippen LogP contribution in [-0.2, 0) is 4.74 Å². The summed E-state index contributed by atoms with van der Waals surface area (Å²) >= 11 is 0. The number of ether oxygens (including phenoxy) is 1. The highest BCUT2D eigenvalue weighted by Gasteiger charge is 2.21. The van der Waals surface area contributed by atoms with Crippen molar-refractivity contribution in [1.29, 1.82) is 0 Å². The standard InChI is InChI=1S/C15H24N2O3/c1-12-14(6-11-20-12)15(18)16-13-4-8-17(9-5-13)7-3-10-19-2/h6,11,13H,3-5,7-10H2,1-2H3,(H,16,18). The third-order valence-electron chi connectivity index (χ3n) is 3.85. The van der Waals surface area contributed by atoms with Crippen LogP contribution in [0.2, 0.25) is 0 Å². The summed E-state index contributed by atoms with van der Waals surface area (Å²) < 4.78 is 10.2. The van der Waals surface area contributed by atoms with Gasteiger partial charge < -0.3 is 19.4 Å². The molecule has 1 amide bonds. The number of carbonyl (C=O) groups excluding carboxylic acids is 1. The second-order valence-corrected chi connectivity index (χ2v) is 5.33. The summed E-state index contributed by atoms with van der Waals surface area (Å²) in [7, 11) is 1.74. The van der Waals surface area contributed by atoms with Gasteiger partial charge in [0, 0.05) is 39.4 Å². The molecule has 1 N–H and O–H groups in total. The number of furan rings is 1. The number of nitrogens with zero attached hydrogens (tertiary/aromatic N) is 1. The van der Waals surface area contributed by atoms with Crippen molar-refractivity contribution in [3.05, 3.63) is 23.7 Å². The average Bonchev–Trinajstić information content (AvgIpc) is 2.87. The molecule has 0 unspecified atom stereocenters. The highest BCUT2D eigenvalue weighted by molar-refractivity contribution is 5.95. The maximum atomic E-state index is 12.1. The van der Waals surface area contributed by atoms with Gasteiger partial charge in [0.2, 0.25) is 0 Å². The van der Waals surface area contributed by atoms with Gasteiger partial charge in [0.15, 0.2) is 0 Å². The predicted molar refractivity (Wildman–Crippen MR) is 76.9 cm³/mol. The first-order valence-electron chi connectivity index (χ1n) is 7.27. The van der Waals surface area contributed by atoms with Gasteiger partial charge in [0.05, 0.1) is 11.8 Å². The third kappa shape index (κ3) is 4.08. The van der Waals surface area contributed by atoms with E-state index >= 15 is 0 Å². The average molecular weight is 280 g/mol. The van der Waals surface area contributed by atoms with Gasteiger partial charge in [-0.05, 0) is 32.3 Å². The number of methoxy groups -OCH3 is 1. The van der Waals surface area contributed by atoms with Crippen LogP contribution in [0.25, 0.3) is 0 Å². The highest BCUT2D eigenvalue weighted by Crippen LogP contribution is 2.13. The Morgan fingerprint density at radius 3 is 2.85 bits per heavy atom. The molecular weight excluding hydrogens is 256 g/mol. The second-order valence-electron chi connectivity index (χ2n) is 5.33. The molecule has 5 nitrogen and oxygen atoms in total. The van der Waals surface area contributed by atoms with Gasteiger partial charge in [-0.15, -0.1) is 0 Å². The monoisotopic (exact) mass is 280 g/mol. The molecule has 0 saturated carbocycles. The Hall–Kier alpha value is -1.33. The van der Waals surface area contributed by atoms with Crippen molar-refractivity contribution in [2.75, 3.05) is 33.4 Å². The quantitative estimate of drug-likeness (QED) is 0.808. The zero-order valence-corrected chi connectivity index (χ0v) is 12.4. The molecule has 1 aromatic heterocycles. The van der Waals surface area contributed by atoms with Crippen molar-refractivity contribution in [3.8, 4) is 0 Å². The summed E-state index contributed by atoms with van der Waals surface area (Å²) in [6, 6.07) is 2.00. The van der Waals surface area contributed by atoms with E-state index in [4.69, 9.17) is 9.15 Å². The minimum Gasteiger partial charge on any atom is -0.469 e. The van der Waals surface area contributed by atoms with Crippen LogP contribution < -0.4 is 5.32 Å². The molecule has 0 aliphatic carbocycles.